The summed E-state index contributed by atoms with van der Waals surface area (Å²) in [4.78, 5) is 0. The number of halogens is 1. The van der Waals surface area contributed by atoms with Gasteiger partial charge in [-0.1, -0.05) is 10.6 Å². The number of ether oxygens (including phenoxy) is 1. The molecule has 1 heterocycles. The molecule has 0 unspecified atom stereocenters. The molecule has 0 aliphatic rings. The van der Waals surface area contributed by atoms with Gasteiger partial charge < -0.3 is 26.3 Å². The molecule has 5 N–H and O–H groups in total. The summed E-state index contributed by atoms with van der Waals surface area (Å²) in [6.07, 6.45) is 0.900. The van der Waals surface area contributed by atoms with Gasteiger partial charge in [0.25, 0.3) is 15.9 Å². The molecule has 15 heteroatoms. The zero-order valence-corrected chi connectivity index (χ0v) is 15.7. The summed E-state index contributed by atoms with van der Waals surface area (Å²) >= 11 is 0. The van der Waals surface area contributed by atoms with Gasteiger partial charge >= 0.3 is 0 Å². The first kappa shape index (κ1) is 21.0. The third-order valence-electron chi connectivity index (χ3n) is 3.11. The van der Waals surface area contributed by atoms with Crippen LogP contribution in [-0.2, 0) is 10.0 Å². The van der Waals surface area contributed by atoms with Gasteiger partial charge in [-0.05, 0) is 28.5 Å². The van der Waals surface area contributed by atoms with E-state index in [1.165, 1.54) is 18.2 Å². The van der Waals surface area contributed by atoms with Gasteiger partial charge in [0.2, 0.25) is 17.5 Å². The lowest BCUT2D eigenvalue weighted by Crippen LogP contribution is -2.35. The van der Waals surface area contributed by atoms with E-state index in [1.54, 1.807) is 7.85 Å². The summed E-state index contributed by atoms with van der Waals surface area (Å²) in [5, 5.41) is 24.7. The number of hydrogen-bond acceptors (Lipinski definition) is 8. The predicted molar refractivity (Wildman–Crippen MR) is 101 cm³/mol. The summed E-state index contributed by atoms with van der Waals surface area (Å²) < 4.78 is 48.4. The number of benzene rings is 1. The van der Waals surface area contributed by atoms with Gasteiger partial charge in [0.1, 0.15) is 20.3 Å². The highest BCUT2D eigenvalue weighted by atomic mass is 32.2. The van der Waals surface area contributed by atoms with Crippen molar-refractivity contribution in [3.8, 4) is 5.88 Å². The first-order valence-corrected chi connectivity index (χ1v) is 9.54. The number of aromatic nitrogens is 2. The maximum absolute atomic E-state index is 13.4. The van der Waals surface area contributed by atoms with Crippen molar-refractivity contribution < 1.29 is 27.4 Å². The molecule has 1 aromatic carbocycles. The van der Waals surface area contributed by atoms with Crippen LogP contribution in [0.2, 0.25) is 0 Å². The van der Waals surface area contributed by atoms with Crippen molar-refractivity contribution in [1.82, 2.24) is 15.6 Å². The lowest BCUT2D eigenvalue weighted by molar-refractivity contribution is 0.258. The Morgan fingerprint density at radius 3 is 2.86 bits per heavy atom. The van der Waals surface area contributed by atoms with Crippen molar-refractivity contribution in [2.24, 2.45) is 15.3 Å². The van der Waals surface area contributed by atoms with Crippen molar-refractivity contribution in [2.45, 2.75) is 0 Å². The molecule has 0 amide bonds. The maximum Gasteiger partial charge on any atom is 0.287 e. The molecule has 28 heavy (non-hydrogen) atoms. The Morgan fingerprint density at radius 1 is 1.46 bits per heavy atom. The van der Waals surface area contributed by atoms with Crippen LogP contribution in [0.5, 0.6) is 5.88 Å². The Kier molecular flexibility index (Phi) is 6.76. The molecular formula is C13H17BFN7O5S. The zero-order valence-electron chi connectivity index (χ0n) is 14.9. The number of nitrogens with two attached hydrogens (primary N) is 1. The van der Waals surface area contributed by atoms with Crippen molar-refractivity contribution in [1.29, 1.82) is 0 Å². The molecule has 0 saturated carbocycles. The number of anilines is 1. The predicted octanol–water partition coefficient (Wildman–Crippen LogP) is -2.04. The van der Waals surface area contributed by atoms with Crippen molar-refractivity contribution in [3.63, 3.8) is 0 Å². The standard InChI is InChI=1S/C13H17BFN7O5S/c1-28(24,25)22-13(16)17-4-5-26-12-10(20-27-21-12)11(19-23)18-7-2-3-9(15)8(14)6-7/h2-3,6,23H,4-5,14H2,1H3,(H,18,19)(H3,16,17,22). The summed E-state index contributed by atoms with van der Waals surface area (Å²) in [5.41, 5.74) is 6.18. The number of nitrogens with zero attached hydrogens (tertiary/aromatic N) is 4. The molecular weight excluding hydrogens is 396 g/mol. The number of amidine groups is 1. The Labute approximate surface area is 160 Å². The topological polar surface area (TPSA) is 177 Å². The minimum Gasteiger partial charge on any atom is -0.472 e. The van der Waals surface area contributed by atoms with E-state index in [0.29, 0.717) is 11.2 Å². The van der Waals surface area contributed by atoms with E-state index in [9.17, 15) is 18.0 Å². The fraction of sp³-hybridized carbons (Fsp3) is 0.231. The van der Waals surface area contributed by atoms with Gasteiger partial charge in [-0.15, -0.1) is 4.40 Å². The number of hydrogen-bond donors (Lipinski definition) is 4. The average molecular weight is 413 g/mol. The second-order valence-electron chi connectivity index (χ2n) is 5.44. The van der Waals surface area contributed by atoms with Gasteiger partial charge in [0, 0.05) is 5.69 Å². The van der Waals surface area contributed by atoms with Gasteiger partial charge in [0.05, 0.1) is 12.8 Å². The Balaban J connectivity index is 1.99. The molecule has 12 nitrogen and oxygen atoms in total. The SMILES string of the molecule is Bc1cc(N/C(=N\O)c2nonc2OCCN/C(N)=N/S(C)(=O)=O)ccc1F. The molecule has 0 atom stereocenters. The minimum atomic E-state index is -3.61. The average Bonchev–Trinajstić information content (AvgIpc) is 3.06. The van der Waals surface area contributed by atoms with E-state index in [0.717, 1.165) is 6.26 Å². The highest BCUT2D eigenvalue weighted by Crippen LogP contribution is 2.16. The van der Waals surface area contributed by atoms with Crippen LogP contribution in [0, 0.1) is 5.82 Å². The largest absolute Gasteiger partial charge is 0.472 e. The van der Waals surface area contributed by atoms with Crippen LogP contribution in [0.1, 0.15) is 5.69 Å². The Morgan fingerprint density at radius 2 is 2.21 bits per heavy atom. The second kappa shape index (κ2) is 9.03. The van der Waals surface area contributed by atoms with Crippen molar-refractivity contribution >= 4 is 40.8 Å². The molecule has 0 aliphatic carbocycles. The van der Waals surface area contributed by atoms with Crippen molar-refractivity contribution in [2.75, 3.05) is 24.7 Å². The van der Waals surface area contributed by atoms with Crippen LogP contribution >= 0.6 is 0 Å². The van der Waals surface area contributed by atoms with Crippen LogP contribution in [-0.4, -0.2) is 63.0 Å². The summed E-state index contributed by atoms with van der Waals surface area (Å²) in [6, 6.07) is 4.19. The molecule has 1 aromatic heterocycles. The third-order valence-corrected chi connectivity index (χ3v) is 3.64. The molecule has 0 fully saturated rings. The number of guanidine groups is 1. The van der Waals surface area contributed by atoms with Crippen LogP contribution in [0.25, 0.3) is 0 Å². The van der Waals surface area contributed by atoms with E-state index in [1.807, 2.05) is 0 Å². The van der Waals surface area contributed by atoms with Crippen LogP contribution in [0.4, 0.5) is 10.1 Å². The summed E-state index contributed by atoms with van der Waals surface area (Å²) in [5.74, 6) is -0.921. The lowest BCUT2D eigenvalue weighted by atomic mass is 9.95. The Bertz CT molecular complexity index is 995. The number of oxime groups is 1. The lowest BCUT2D eigenvalue weighted by Gasteiger charge is -2.09. The second-order valence-corrected chi connectivity index (χ2v) is 7.09. The van der Waals surface area contributed by atoms with Gasteiger partial charge in [0.15, 0.2) is 0 Å². The van der Waals surface area contributed by atoms with E-state index < -0.39 is 10.0 Å². The molecule has 0 radical (unpaired) electrons. The smallest absolute Gasteiger partial charge is 0.287 e. The highest BCUT2D eigenvalue weighted by molar-refractivity contribution is 7.89. The quantitative estimate of drug-likeness (QED) is 0.0987. The first-order valence-electron chi connectivity index (χ1n) is 7.70. The van der Waals surface area contributed by atoms with Crippen LogP contribution < -0.4 is 26.6 Å². The first-order chi connectivity index (χ1) is 13.2. The van der Waals surface area contributed by atoms with Crippen LogP contribution in [0.15, 0.2) is 32.4 Å². The molecule has 0 saturated heterocycles. The highest BCUT2D eigenvalue weighted by Gasteiger charge is 2.19. The fourth-order valence-corrected chi connectivity index (χ4v) is 2.37. The van der Waals surface area contributed by atoms with E-state index in [2.05, 4.69) is 35.1 Å². The monoisotopic (exact) mass is 413 g/mol. The van der Waals surface area contributed by atoms with Crippen LogP contribution in [0.3, 0.4) is 0 Å². The third kappa shape index (κ3) is 6.12. The zero-order chi connectivity index (χ0) is 20.7. The Hall–Kier alpha value is -3.36. The maximum atomic E-state index is 13.4. The number of sulfonamides is 1. The molecule has 150 valence electrons. The molecule has 2 aromatic rings. The minimum absolute atomic E-state index is 0.0183. The van der Waals surface area contributed by atoms with Crippen molar-refractivity contribution in [3.05, 3.63) is 29.7 Å². The normalized spacial score (nSPS) is 12.6. The van der Waals surface area contributed by atoms with Gasteiger partial charge in [-0.25, -0.2) is 17.4 Å². The molecule has 2 rings (SSSR count). The molecule has 0 spiro atoms. The number of rotatable bonds is 7. The summed E-state index contributed by atoms with van der Waals surface area (Å²) in [7, 11) is -2.04. The van der Waals surface area contributed by atoms with E-state index in [-0.39, 0.29) is 42.3 Å². The molecule has 0 bridgehead atoms. The molecule has 0 aliphatic heterocycles. The van der Waals surface area contributed by atoms with Gasteiger partial charge in [-0.3, -0.25) is 0 Å². The summed E-state index contributed by atoms with van der Waals surface area (Å²) in [6.45, 7) is 0.0723. The van der Waals surface area contributed by atoms with E-state index >= 15 is 0 Å². The van der Waals surface area contributed by atoms with E-state index in [4.69, 9.17) is 10.5 Å². The van der Waals surface area contributed by atoms with Gasteiger partial charge in [-0.2, -0.15) is 0 Å². The number of nitrogens with one attached hydrogen (secondary N) is 2. The fourth-order valence-electron chi connectivity index (χ4n) is 1.95.